The molecule has 13 heavy (non-hydrogen) atoms. The second-order valence-electron chi connectivity index (χ2n) is 2.93. The van der Waals surface area contributed by atoms with Crippen molar-refractivity contribution in [3.8, 4) is 0 Å². The highest BCUT2D eigenvalue weighted by Crippen LogP contribution is 2.18. The van der Waals surface area contributed by atoms with Crippen LogP contribution in [0.4, 0.5) is 0 Å². The number of pyridine rings is 1. The van der Waals surface area contributed by atoms with Crippen molar-refractivity contribution in [2.24, 2.45) is 0 Å². The molecule has 0 bridgehead atoms. The van der Waals surface area contributed by atoms with Crippen molar-refractivity contribution in [1.82, 2.24) is 4.98 Å². The maximum Gasteiger partial charge on any atom is 0.312 e. The second kappa shape index (κ2) is 4.60. The molecule has 0 aromatic carbocycles. The summed E-state index contributed by atoms with van der Waals surface area (Å²) >= 11 is 0. The van der Waals surface area contributed by atoms with Gasteiger partial charge >= 0.3 is 5.97 Å². The fourth-order valence-electron chi connectivity index (χ4n) is 1.27. The van der Waals surface area contributed by atoms with E-state index in [4.69, 9.17) is 5.11 Å². The van der Waals surface area contributed by atoms with E-state index in [1.54, 1.807) is 18.3 Å². The molecule has 0 fully saturated rings. The molecule has 3 nitrogen and oxygen atoms in total. The van der Waals surface area contributed by atoms with Gasteiger partial charge in [0.15, 0.2) is 0 Å². The van der Waals surface area contributed by atoms with Crippen LogP contribution in [0.15, 0.2) is 24.4 Å². The SMILES string of the molecule is CCCC(C(=O)O)c1ccccn1. The summed E-state index contributed by atoms with van der Waals surface area (Å²) in [6, 6.07) is 5.36. The third-order valence-electron chi connectivity index (χ3n) is 1.92. The van der Waals surface area contributed by atoms with Crippen LogP contribution in [0.1, 0.15) is 31.4 Å². The van der Waals surface area contributed by atoms with Gasteiger partial charge in [0.05, 0.1) is 11.6 Å². The number of hydrogen-bond acceptors (Lipinski definition) is 2. The van der Waals surface area contributed by atoms with Crippen LogP contribution < -0.4 is 0 Å². The number of rotatable bonds is 4. The van der Waals surface area contributed by atoms with Gasteiger partial charge in [-0.2, -0.15) is 0 Å². The maximum absolute atomic E-state index is 10.8. The van der Waals surface area contributed by atoms with Crippen LogP contribution in [0, 0.1) is 0 Å². The molecule has 1 atom stereocenters. The first-order valence-electron chi connectivity index (χ1n) is 4.39. The molecule has 0 saturated heterocycles. The molecule has 1 N–H and O–H groups in total. The number of aliphatic carboxylic acids is 1. The predicted octanol–water partition coefficient (Wildman–Crippen LogP) is 2.05. The molecule has 1 heterocycles. The Balaban J connectivity index is 2.82. The van der Waals surface area contributed by atoms with Gasteiger partial charge in [-0.1, -0.05) is 19.4 Å². The van der Waals surface area contributed by atoms with E-state index < -0.39 is 11.9 Å². The van der Waals surface area contributed by atoms with Crippen molar-refractivity contribution in [3.05, 3.63) is 30.1 Å². The van der Waals surface area contributed by atoms with Crippen LogP contribution in [0.2, 0.25) is 0 Å². The molecule has 0 amide bonds. The molecule has 0 radical (unpaired) electrons. The molecule has 0 aliphatic carbocycles. The van der Waals surface area contributed by atoms with E-state index in [9.17, 15) is 4.79 Å². The Morgan fingerprint density at radius 1 is 1.62 bits per heavy atom. The molecule has 0 saturated carbocycles. The van der Waals surface area contributed by atoms with Gasteiger partial charge in [-0.25, -0.2) is 0 Å². The van der Waals surface area contributed by atoms with Crippen LogP contribution in [0.5, 0.6) is 0 Å². The molecular formula is C10H13NO2. The molecule has 70 valence electrons. The lowest BCUT2D eigenvalue weighted by atomic mass is 10.00. The van der Waals surface area contributed by atoms with Crippen LogP contribution in [-0.2, 0) is 4.79 Å². The third kappa shape index (κ3) is 2.54. The van der Waals surface area contributed by atoms with Crippen LogP contribution in [0.25, 0.3) is 0 Å². The average Bonchev–Trinajstić information content (AvgIpc) is 2.15. The summed E-state index contributed by atoms with van der Waals surface area (Å²) in [6.07, 6.45) is 3.13. The van der Waals surface area contributed by atoms with E-state index in [2.05, 4.69) is 4.98 Å². The lowest BCUT2D eigenvalue weighted by molar-refractivity contribution is -0.139. The summed E-state index contributed by atoms with van der Waals surface area (Å²) in [5.74, 6) is -1.24. The molecule has 1 aromatic rings. The maximum atomic E-state index is 10.8. The summed E-state index contributed by atoms with van der Waals surface area (Å²) in [7, 11) is 0. The molecule has 0 spiro atoms. The fourth-order valence-corrected chi connectivity index (χ4v) is 1.27. The minimum Gasteiger partial charge on any atom is -0.481 e. The second-order valence-corrected chi connectivity index (χ2v) is 2.93. The number of carboxylic acids is 1. The van der Waals surface area contributed by atoms with E-state index in [1.165, 1.54) is 0 Å². The standard InChI is InChI=1S/C10H13NO2/c1-2-5-8(10(12)13)9-6-3-4-7-11-9/h3-4,6-8H,2,5H2,1H3,(H,12,13). The van der Waals surface area contributed by atoms with Gasteiger partial charge in [-0.3, -0.25) is 9.78 Å². The number of carbonyl (C=O) groups is 1. The first-order chi connectivity index (χ1) is 6.25. The number of nitrogens with zero attached hydrogens (tertiary/aromatic N) is 1. The van der Waals surface area contributed by atoms with Crippen molar-refractivity contribution in [2.75, 3.05) is 0 Å². The van der Waals surface area contributed by atoms with E-state index in [1.807, 2.05) is 13.0 Å². The molecule has 3 heteroatoms. The summed E-state index contributed by atoms with van der Waals surface area (Å²) < 4.78 is 0. The first-order valence-corrected chi connectivity index (χ1v) is 4.39. The highest BCUT2D eigenvalue weighted by molar-refractivity contribution is 5.75. The fraction of sp³-hybridized carbons (Fsp3) is 0.400. The van der Waals surface area contributed by atoms with Crippen LogP contribution >= 0.6 is 0 Å². The smallest absolute Gasteiger partial charge is 0.312 e. The van der Waals surface area contributed by atoms with E-state index >= 15 is 0 Å². The van der Waals surface area contributed by atoms with Crippen LogP contribution in [0.3, 0.4) is 0 Å². The van der Waals surface area contributed by atoms with Gasteiger partial charge < -0.3 is 5.11 Å². The number of hydrogen-bond donors (Lipinski definition) is 1. The Labute approximate surface area is 77.4 Å². The van der Waals surface area contributed by atoms with Gasteiger partial charge in [0, 0.05) is 6.20 Å². The molecule has 0 aliphatic rings. The zero-order chi connectivity index (χ0) is 9.68. The summed E-state index contributed by atoms with van der Waals surface area (Å²) in [6.45, 7) is 1.97. The monoisotopic (exact) mass is 179 g/mol. The van der Waals surface area contributed by atoms with Gasteiger partial charge in [0.1, 0.15) is 0 Å². The molecule has 1 aromatic heterocycles. The van der Waals surface area contributed by atoms with E-state index in [0.717, 1.165) is 6.42 Å². The van der Waals surface area contributed by atoms with Crippen molar-refractivity contribution in [1.29, 1.82) is 0 Å². The zero-order valence-electron chi connectivity index (χ0n) is 7.60. The van der Waals surface area contributed by atoms with Crippen molar-refractivity contribution < 1.29 is 9.90 Å². The van der Waals surface area contributed by atoms with Crippen molar-refractivity contribution in [2.45, 2.75) is 25.7 Å². The summed E-state index contributed by atoms with van der Waals surface area (Å²) in [4.78, 5) is 14.9. The molecule has 0 aliphatic heterocycles. The summed E-state index contributed by atoms with van der Waals surface area (Å²) in [5.41, 5.74) is 0.650. The lowest BCUT2D eigenvalue weighted by Gasteiger charge is -2.09. The summed E-state index contributed by atoms with van der Waals surface area (Å²) in [5, 5.41) is 8.92. The number of carboxylic acid groups (broad SMARTS) is 1. The van der Waals surface area contributed by atoms with Crippen molar-refractivity contribution >= 4 is 5.97 Å². The van der Waals surface area contributed by atoms with E-state index in [-0.39, 0.29) is 0 Å². The molecule has 1 rings (SSSR count). The molecule has 1 unspecified atom stereocenters. The van der Waals surface area contributed by atoms with Gasteiger partial charge in [0.2, 0.25) is 0 Å². The Morgan fingerprint density at radius 3 is 2.85 bits per heavy atom. The number of aromatic nitrogens is 1. The van der Waals surface area contributed by atoms with E-state index in [0.29, 0.717) is 12.1 Å². The Hall–Kier alpha value is -1.38. The minimum atomic E-state index is -0.791. The highest BCUT2D eigenvalue weighted by Gasteiger charge is 2.19. The van der Waals surface area contributed by atoms with Crippen molar-refractivity contribution in [3.63, 3.8) is 0 Å². The average molecular weight is 179 g/mol. The molecular weight excluding hydrogens is 166 g/mol. The minimum absolute atomic E-state index is 0.453. The predicted molar refractivity (Wildman–Crippen MR) is 49.5 cm³/mol. The highest BCUT2D eigenvalue weighted by atomic mass is 16.4. The van der Waals surface area contributed by atoms with Crippen LogP contribution in [-0.4, -0.2) is 16.1 Å². The Kier molecular flexibility index (Phi) is 3.43. The quantitative estimate of drug-likeness (QED) is 0.769. The Bertz CT molecular complexity index is 272. The largest absolute Gasteiger partial charge is 0.481 e. The van der Waals surface area contributed by atoms with Gasteiger partial charge in [-0.15, -0.1) is 0 Å². The van der Waals surface area contributed by atoms with Gasteiger partial charge in [-0.05, 0) is 18.6 Å². The first kappa shape index (κ1) is 9.71. The van der Waals surface area contributed by atoms with Gasteiger partial charge in [0.25, 0.3) is 0 Å². The zero-order valence-corrected chi connectivity index (χ0v) is 7.60. The third-order valence-corrected chi connectivity index (χ3v) is 1.92. The normalized spacial score (nSPS) is 12.4. The Morgan fingerprint density at radius 2 is 2.38 bits per heavy atom. The lowest BCUT2D eigenvalue weighted by Crippen LogP contribution is -2.12. The topological polar surface area (TPSA) is 50.2 Å².